The Hall–Kier alpha value is -2.14. The van der Waals surface area contributed by atoms with Gasteiger partial charge in [0.25, 0.3) is 5.69 Å². The van der Waals surface area contributed by atoms with E-state index < -0.39 is 4.92 Å². The van der Waals surface area contributed by atoms with E-state index in [1.165, 1.54) is 17.0 Å². The lowest BCUT2D eigenvalue weighted by atomic mass is 10.2. The van der Waals surface area contributed by atoms with Crippen molar-refractivity contribution in [1.29, 1.82) is 0 Å². The average molecular weight is 272 g/mol. The highest BCUT2D eigenvalue weighted by Crippen LogP contribution is 2.20. The second-order valence-corrected chi connectivity index (χ2v) is 4.69. The number of hydrogen-bond acceptors (Lipinski definition) is 4. The number of rotatable bonds is 4. The highest BCUT2D eigenvalue weighted by Gasteiger charge is 2.04. The van der Waals surface area contributed by atoms with Gasteiger partial charge in [-0.2, -0.15) is 0 Å². The fraction of sp³-hybridized carbons (Fsp3) is 0.0714. The highest BCUT2D eigenvalue weighted by atomic mass is 32.2. The largest absolute Gasteiger partial charge is 0.271 e. The third kappa shape index (κ3) is 3.66. The SMILES string of the molecule is CSc1ccc(C=Nc2cccc([N+](=O)[O-])c2)cc1. The predicted molar refractivity (Wildman–Crippen MR) is 78.6 cm³/mol. The lowest BCUT2D eigenvalue weighted by Gasteiger charge is -1.97. The van der Waals surface area contributed by atoms with Gasteiger partial charge in [0.1, 0.15) is 0 Å². The van der Waals surface area contributed by atoms with E-state index in [1.807, 2.05) is 30.5 Å². The quantitative estimate of drug-likeness (QED) is 0.365. The van der Waals surface area contributed by atoms with Crippen LogP contribution in [0.15, 0.2) is 58.4 Å². The van der Waals surface area contributed by atoms with Crippen LogP contribution >= 0.6 is 11.8 Å². The molecule has 0 aliphatic carbocycles. The summed E-state index contributed by atoms with van der Waals surface area (Å²) in [6, 6.07) is 14.2. The van der Waals surface area contributed by atoms with Crippen molar-refractivity contribution in [2.75, 3.05) is 6.26 Å². The summed E-state index contributed by atoms with van der Waals surface area (Å²) in [6.45, 7) is 0. The van der Waals surface area contributed by atoms with Gasteiger partial charge in [0, 0.05) is 23.2 Å². The number of thioether (sulfide) groups is 1. The molecule has 0 saturated heterocycles. The first-order chi connectivity index (χ1) is 9.19. The van der Waals surface area contributed by atoms with Gasteiger partial charge in [-0.25, -0.2) is 0 Å². The zero-order valence-electron chi connectivity index (χ0n) is 10.3. The first-order valence-electron chi connectivity index (χ1n) is 5.61. The van der Waals surface area contributed by atoms with E-state index in [2.05, 4.69) is 4.99 Å². The Balaban J connectivity index is 2.17. The summed E-state index contributed by atoms with van der Waals surface area (Å²) in [5.41, 5.74) is 1.58. The molecular weight excluding hydrogens is 260 g/mol. The molecule has 19 heavy (non-hydrogen) atoms. The van der Waals surface area contributed by atoms with Gasteiger partial charge in [-0.15, -0.1) is 11.8 Å². The van der Waals surface area contributed by atoms with Crippen LogP contribution in [-0.4, -0.2) is 17.4 Å². The van der Waals surface area contributed by atoms with Crippen LogP contribution in [0.1, 0.15) is 5.56 Å². The minimum atomic E-state index is -0.424. The third-order valence-electron chi connectivity index (χ3n) is 2.52. The van der Waals surface area contributed by atoms with Crippen molar-refractivity contribution in [1.82, 2.24) is 0 Å². The predicted octanol–water partition coefficient (Wildman–Crippen LogP) is 4.07. The molecule has 4 nitrogen and oxygen atoms in total. The molecule has 0 bridgehead atoms. The molecule has 2 aromatic carbocycles. The molecule has 0 amide bonds. The molecule has 0 aromatic heterocycles. The molecule has 0 spiro atoms. The van der Waals surface area contributed by atoms with Gasteiger partial charge >= 0.3 is 0 Å². The Bertz CT molecular complexity index is 609. The molecule has 0 aliphatic heterocycles. The monoisotopic (exact) mass is 272 g/mol. The van der Waals surface area contributed by atoms with E-state index in [1.54, 1.807) is 30.1 Å². The molecule has 0 heterocycles. The summed E-state index contributed by atoms with van der Waals surface area (Å²) in [5, 5.41) is 10.6. The number of benzene rings is 2. The maximum Gasteiger partial charge on any atom is 0.271 e. The molecule has 0 aliphatic rings. The third-order valence-corrected chi connectivity index (χ3v) is 3.26. The van der Waals surface area contributed by atoms with Gasteiger partial charge < -0.3 is 0 Å². The van der Waals surface area contributed by atoms with Gasteiger partial charge in [0.2, 0.25) is 0 Å². The second-order valence-electron chi connectivity index (χ2n) is 3.81. The van der Waals surface area contributed by atoms with Crippen molar-refractivity contribution in [3.8, 4) is 0 Å². The number of nitro groups is 1. The molecule has 96 valence electrons. The Morgan fingerprint density at radius 2 is 1.95 bits per heavy atom. The van der Waals surface area contributed by atoms with Crippen LogP contribution in [0.5, 0.6) is 0 Å². The minimum Gasteiger partial charge on any atom is -0.258 e. The van der Waals surface area contributed by atoms with E-state index in [0.29, 0.717) is 5.69 Å². The van der Waals surface area contributed by atoms with Crippen molar-refractivity contribution in [2.45, 2.75) is 4.90 Å². The number of nitro benzene ring substituents is 1. The van der Waals surface area contributed by atoms with Crippen molar-refractivity contribution >= 4 is 29.4 Å². The molecule has 2 aromatic rings. The second kappa shape index (κ2) is 6.15. The van der Waals surface area contributed by atoms with Crippen molar-refractivity contribution in [2.24, 2.45) is 4.99 Å². The van der Waals surface area contributed by atoms with Crippen LogP contribution in [-0.2, 0) is 0 Å². The lowest BCUT2D eigenvalue weighted by Crippen LogP contribution is -1.86. The normalized spacial score (nSPS) is 10.8. The van der Waals surface area contributed by atoms with Gasteiger partial charge in [-0.1, -0.05) is 18.2 Å². The first kappa shape index (κ1) is 13.3. The van der Waals surface area contributed by atoms with Crippen LogP contribution in [0.2, 0.25) is 0 Å². The average Bonchev–Trinajstić information content (AvgIpc) is 2.46. The van der Waals surface area contributed by atoms with Gasteiger partial charge in [0.05, 0.1) is 10.6 Å². The fourth-order valence-electron chi connectivity index (χ4n) is 1.53. The summed E-state index contributed by atoms with van der Waals surface area (Å²) in [5.74, 6) is 0. The fourth-order valence-corrected chi connectivity index (χ4v) is 1.93. The lowest BCUT2D eigenvalue weighted by molar-refractivity contribution is -0.384. The minimum absolute atomic E-state index is 0.0485. The molecule has 2 rings (SSSR count). The topological polar surface area (TPSA) is 55.5 Å². The van der Waals surface area contributed by atoms with E-state index in [4.69, 9.17) is 0 Å². The van der Waals surface area contributed by atoms with Gasteiger partial charge in [0.15, 0.2) is 0 Å². The Labute approximate surface area is 115 Å². The van der Waals surface area contributed by atoms with Gasteiger partial charge in [-0.3, -0.25) is 15.1 Å². The van der Waals surface area contributed by atoms with Crippen LogP contribution in [0.25, 0.3) is 0 Å². The van der Waals surface area contributed by atoms with Crippen LogP contribution in [0, 0.1) is 10.1 Å². The Kier molecular flexibility index (Phi) is 4.30. The number of nitrogens with zero attached hydrogens (tertiary/aromatic N) is 2. The van der Waals surface area contributed by atoms with Crippen molar-refractivity contribution in [3.63, 3.8) is 0 Å². The summed E-state index contributed by atoms with van der Waals surface area (Å²) >= 11 is 1.68. The molecular formula is C14H12N2O2S. The van der Waals surface area contributed by atoms with E-state index in [0.717, 1.165) is 5.56 Å². The molecule has 5 heteroatoms. The van der Waals surface area contributed by atoms with E-state index in [-0.39, 0.29) is 5.69 Å². The van der Waals surface area contributed by atoms with Gasteiger partial charge in [-0.05, 0) is 30.0 Å². The number of aliphatic imine (C=N–C) groups is 1. The zero-order valence-corrected chi connectivity index (χ0v) is 11.1. The number of hydrogen-bond donors (Lipinski definition) is 0. The molecule has 0 N–H and O–H groups in total. The maximum absolute atomic E-state index is 10.6. The summed E-state index contributed by atoms with van der Waals surface area (Å²) in [7, 11) is 0. The van der Waals surface area contributed by atoms with Crippen LogP contribution in [0.4, 0.5) is 11.4 Å². The molecule has 0 saturated carbocycles. The number of non-ortho nitro benzene ring substituents is 1. The summed E-state index contributed by atoms with van der Waals surface area (Å²) in [6.07, 6.45) is 3.72. The smallest absolute Gasteiger partial charge is 0.258 e. The molecule has 0 fully saturated rings. The summed E-state index contributed by atoms with van der Waals surface area (Å²) < 4.78 is 0. The standard InChI is InChI=1S/C14H12N2O2S/c1-19-14-7-5-11(6-8-14)10-15-12-3-2-4-13(9-12)16(17)18/h2-10H,1H3. The van der Waals surface area contributed by atoms with E-state index >= 15 is 0 Å². The molecule has 0 atom stereocenters. The van der Waals surface area contributed by atoms with Crippen LogP contribution < -0.4 is 0 Å². The maximum atomic E-state index is 10.6. The Morgan fingerprint density at radius 1 is 1.21 bits per heavy atom. The zero-order chi connectivity index (χ0) is 13.7. The first-order valence-corrected chi connectivity index (χ1v) is 6.84. The summed E-state index contributed by atoms with van der Waals surface area (Å²) in [4.78, 5) is 15.7. The van der Waals surface area contributed by atoms with E-state index in [9.17, 15) is 10.1 Å². The highest BCUT2D eigenvalue weighted by molar-refractivity contribution is 7.98. The van der Waals surface area contributed by atoms with Crippen molar-refractivity contribution in [3.05, 3.63) is 64.2 Å². The van der Waals surface area contributed by atoms with Crippen molar-refractivity contribution < 1.29 is 4.92 Å². The van der Waals surface area contributed by atoms with Crippen LogP contribution in [0.3, 0.4) is 0 Å². The Morgan fingerprint density at radius 3 is 2.58 bits per heavy atom. The molecule has 0 unspecified atom stereocenters. The molecule has 0 radical (unpaired) electrons.